The Morgan fingerprint density at radius 2 is 1.48 bits per heavy atom. The highest BCUT2D eigenvalue weighted by atomic mass is 16.2. The number of fused-ring (bicyclic) bond motifs is 3. The lowest BCUT2D eigenvalue weighted by atomic mass is 10.1. The fourth-order valence-corrected chi connectivity index (χ4v) is 4.48. The van der Waals surface area contributed by atoms with Crippen molar-refractivity contribution in [3.8, 4) is 16.9 Å². The number of aromatic nitrogens is 5. The molecule has 0 saturated carbocycles. The minimum absolute atomic E-state index is 0.356. The third-order valence-corrected chi connectivity index (χ3v) is 5.85. The molecule has 3 heterocycles. The van der Waals surface area contributed by atoms with Crippen molar-refractivity contribution in [2.45, 2.75) is 20.8 Å². The molecule has 2 aromatic carbocycles. The lowest BCUT2D eigenvalue weighted by Gasteiger charge is -2.12. The Balaban J connectivity index is 2.05. The van der Waals surface area contributed by atoms with E-state index >= 15 is 0 Å². The summed E-state index contributed by atoms with van der Waals surface area (Å²) < 4.78 is 6.51. The smallest absolute Gasteiger partial charge is 0.279 e. The lowest BCUT2D eigenvalue weighted by molar-refractivity contribution is 0.707. The lowest BCUT2D eigenvalue weighted by Crippen LogP contribution is -2.37. The third kappa shape index (κ3) is 2.63. The van der Waals surface area contributed by atoms with E-state index in [2.05, 4.69) is 48.7 Å². The zero-order valence-corrected chi connectivity index (χ0v) is 18.2. The topological polar surface area (TPSA) is 66.2 Å². The number of rotatable bonds is 2. The Morgan fingerprint density at radius 3 is 2.13 bits per heavy atom. The van der Waals surface area contributed by atoms with Crippen molar-refractivity contribution in [1.82, 2.24) is 23.1 Å². The van der Waals surface area contributed by atoms with Gasteiger partial charge in [0.05, 0.1) is 5.69 Å². The first-order chi connectivity index (χ1) is 14.8. The summed E-state index contributed by atoms with van der Waals surface area (Å²) in [5.41, 5.74) is 6.15. The zero-order chi connectivity index (χ0) is 22.0. The van der Waals surface area contributed by atoms with Crippen LogP contribution in [-0.4, -0.2) is 23.1 Å². The highest BCUT2D eigenvalue weighted by Crippen LogP contribution is 2.33. The fraction of sp³-hybridized carbons (Fsp3) is 0.208. The minimum atomic E-state index is -0.392. The molecule has 0 aliphatic rings. The summed E-state index contributed by atoms with van der Waals surface area (Å²) >= 11 is 0. The van der Waals surface area contributed by atoms with Gasteiger partial charge in [-0.25, -0.2) is 4.79 Å². The standard InChI is InChI=1S/C24H23N5O2/c1-14-11-15(2)13-18(12-14)29-19(17-9-7-6-8-10-17)16(3)28-20-21(25-23(28)29)26(4)24(31)27(5)22(20)30/h6-13H,1-5H3. The maximum absolute atomic E-state index is 13.1. The second-order valence-electron chi connectivity index (χ2n) is 8.11. The highest BCUT2D eigenvalue weighted by Gasteiger charge is 2.24. The van der Waals surface area contributed by atoms with Crippen LogP contribution in [0.5, 0.6) is 0 Å². The molecule has 0 saturated heterocycles. The first-order valence-corrected chi connectivity index (χ1v) is 10.1. The van der Waals surface area contributed by atoms with Crippen LogP contribution in [0.2, 0.25) is 0 Å². The molecule has 0 spiro atoms. The molecule has 0 radical (unpaired) electrons. The van der Waals surface area contributed by atoms with E-state index in [0.29, 0.717) is 16.9 Å². The minimum Gasteiger partial charge on any atom is -0.279 e. The maximum atomic E-state index is 13.1. The Morgan fingerprint density at radius 1 is 0.839 bits per heavy atom. The van der Waals surface area contributed by atoms with Crippen molar-refractivity contribution in [3.05, 3.63) is 86.2 Å². The molecular formula is C24H23N5O2. The van der Waals surface area contributed by atoms with Gasteiger partial charge < -0.3 is 0 Å². The number of benzene rings is 2. The number of hydrogen-bond acceptors (Lipinski definition) is 3. The number of imidazole rings is 2. The van der Waals surface area contributed by atoms with Crippen molar-refractivity contribution >= 4 is 16.9 Å². The molecule has 5 aromatic rings. The van der Waals surface area contributed by atoms with Gasteiger partial charge in [-0.2, -0.15) is 4.98 Å². The molecule has 156 valence electrons. The third-order valence-electron chi connectivity index (χ3n) is 5.85. The van der Waals surface area contributed by atoms with Crippen LogP contribution >= 0.6 is 0 Å². The van der Waals surface area contributed by atoms with Gasteiger partial charge in [-0.05, 0) is 44.0 Å². The molecular weight excluding hydrogens is 390 g/mol. The van der Waals surface area contributed by atoms with E-state index in [9.17, 15) is 9.59 Å². The normalized spacial score (nSPS) is 11.6. The van der Waals surface area contributed by atoms with Gasteiger partial charge in [0.1, 0.15) is 0 Å². The molecule has 0 atom stereocenters. The van der Waals surface area contributed by atoms with Crippen LogP contribution in [0.3, 0.4) is 0 Å². The van der Waals surface area contributed by atoms with Crippen LogP contribution in [0.15, 0.2) is 58.1 Å². The second-order valence-corrected chi connectivity index (χ2v) is 8.11. The van der Waals surface area contributed by atoms with Crippen molar-refractivity contribution < 1.29 is 0 Å². The molecule has 0 bridgehead atoms. The number of aryl methyl sites for hydroxylation is 4. The summed E-state index contributed by atoms with van der Waals surface area (Å²) in [4.78, 5) is 30.4. The maximum Gasteiger partial charge on any atom is 0.332 e. The van der Waals surface area contributed by atoms with Gasteiger partial charge in [0.2, 0.25) is 5.78 Å². The molecule has 0 aliphatic heterocycles. The molecule has 7 nitrogen and oxygen atoms in total. The van der Waals surface area contributed by atoms with Crippen molar-refractivity contribution in [3.63, 3.8) is 0 Å². The van der Waals surface area contributed by atoms with Crippen LogP contribution in [0.1, 0.15) is 16.8 Å². The Hall–Kier alpha value is -3.87. The molecule has 31 heavy (non-hydrogen) atoms. The molecule has 0 aliphatic carbocycles. The summed E-state index contributed by atoms with van der Waals surface area (Å²) in [6.07, 6.45) is 0. The summed E-state index contributed by atoms with van der Waals surface area (Å²) in [6.45, 7) is 6.11. The van der Waals surface area contributed by atoms with E-state index in [1.807, 2.05) is 29.5 Å². The van der Waals surface area contributed by atoms with Crippen LogP contribution < -0.4 is 11.2 Å². The van der Waals surface area contributed by atoms with Crippen LogP contribution in [0.4, 0.5) is 0 Å². The van der Waals surface area contributed by atoms with E-state index in [-0.39, 0.29) is 5.56 Å². The molecule has 5 rings (SSSR count). The predicted octanol–water partition coefficient (Wildman–Crippen LogP) is 3.27. The predicted molar refractivity (Wildman–Crippen MR) is 122 cm³/mol. The highest BCUT2D eigenvalue weighted by molar-refractivity contribution is 5.81. The van der Waals surface area contributed by atoms with Crippen molar-refractivity contribution in [2.75, 3.05) is 0 Å². The first kappa shape index (κ1) is 19.1. The van der Waals surface area contributed by atoms with Crippen LogP contribution in [-0.2, 0) is 14.1 Å². The average molecular weight is 413 g/mol. The summed E-state index contributed by atoms with van der Waals surface area (Å²) in [6, 6.07) is 16.4. The molecule has 0 N–H and O–H groups in total. The second kappa shape index (κ2) is 6.57. The van der Waals surface area contributed by atoms with Crippen molar-refractivity contribution in [1.29, 1.82) is 0 Å². The van der Waals surface area contributed by atoms with Gasteiger partial charge >= 0.3 is 5.69 Å². The van der Waals surface area contributed by atoms with Gasteiger partial charge in [0, 0.05) is 31.0 Å². The Kier molecular flexibility index (Phi) is 4.05. The van der Waals surface area contributed by atoms with E-state index in [1.165, 1.54) is 11.6 Å². The Bertz CT molecular complexity index is 1590. The van der Waals surface area contributed by atoms with Gasteiger partial charge in [-0.1, -0.05) is 36.4 Å². The molecule has 0 fully saturated rings. The van der Waals surface area contributed by atoms with Crippen LogP contribution in [0.25, 0.3) is 33.9 Å². The van der Waals surface area contributed by atoms with E-state index in [1.54, 1.807) is 7.05 Å². The van der Waals surface area contributed by atoms with Gasteiger partial charge in [0.15, 0.2) is 11.2 Å². The zero-order valence-electron chi connectivity index (χ0n) is 18.2. The summed E-state index contributed by atoms with van der Waals surface area (Å²) in [5.74, 6) is 0.606. The molecule has 0 amide bonds. The van der Waals surface area contributed by atoms with E-state index in [4.69, 9.17) is 4.98 Å². The monoisotopic (exact) mass is 413 g/mol. The van der Waals surface area contributed by atoms with E-state index in [0.717, 1.165) is 38.3 Å². The SMILES string of the molecule is Cc1cc(C)cc(-n2c(-c3ccccc3)c(C)n3c4c(=O)n(C)c(=O)n(C)c4nc23)c1. The summed E-state index contributed by atoms with van der Waals surface area (Å²) in [7, 11) is 3.14. The molecule has 7 heteroatoms. The quantitative estimate of drug-likeness (QED) is 0.446. The van der Waals surface area contributed by atoms with Gasteiger partial charge in [0.25, 0.3) is 5.56 Å². The first-order valence-electron chi connectivity index (χ1n) is 10.1. The van der Waals surface area contributed by atoms with Gasteiger partial charge in [-0.3, -0.25) is 22.9 Å². The largest absolute Gasteiger partial charge is 0.332 e. The average Bonchev–Trinajstić information content (AvgIpc) is 3.26. The Labute approximate surface area is 178 Å². The fourth-order valence-electron chi connectivity index (χ4n) is 4.48. The number of hydrogen-bond donors (Lipinski definition) is 0. The number of nitrogens with zero attached hydrogens (tertiary/aromatic N) is 5. The van der Waals surface area contributed by atoms with Gasteiger partial charge in [-0.15, -0.1) is 0 Å². The van der Waals surface area contributed by atoms with Crippen LogP contribution in [0, 0.1) is 20.8 Å². The molecule has 0 unspecified atom stereocenters. The van der Waals surface area contributed by atoms with Crippen molar-refractivity contribution in [2.24, 2.45) is 14.1 Å². The molecule has 3 aromatic heterocycles. The van der Waals surface area contributed by atoms with E-state index < -0.39 is 5.69 Å². The summed E-state index contributed by atoms with van der Waals surface area (Å²) in [5, 5.41) is 0.